The number of carbonyl (C=O) groups excluding carboxylic acids is 1. The van der Waals surface area contributed by atoms with Crippen molar-refractivity contribution in [1.82, 2.24) is 24.8 Å². The van der Waals surface area contributed by atoms with Crippen LogP contribution in [0.2, 0.25) is 0 Å². The highest BCUT2D eigenvalue weighted by Gasteiger charge is 2.19. The number of nitrogens with one attached hydrogen (secondary N) is 2. The van der Waals surface area contributed by atoms with Gasteiger partial charge in [-0.1, -0.05) is 6.08 Å². The Labute approximate surface area is 181 Å². The number of carbonyl (C=O) groups is 1. The summed E-state index contributed by atoms with van der Waals surface area (Å²) in [5.41, 5.74) is 6.77. The van der Waals surface area contributed by atoms with Crippen molar-refractivity contribution in [2.45, 2.75) is 12.8 Å². The zero-order valence-electron chi connectivity index (χ0n) is 16.1. The number of thiazole rings is 1. The van der Waals surface area contributed by atoms with E-state index in [4.69, 9.17) is 11.6 Å². The van der Waals surface area contributed by atoms with Crippen LogP contribution in [-0.4, -0.2) is 49.7 Å². The number of benzene rings is 1. The summed E-state index contributed by atoms with van der Waals surface area (Å²) < 4.78 is 1.13. The van der Waals surface area contributed by atoms with Crippen molar-refractivity contribution in [3.05, 3.63) is 47.9 Å². The van der Waals surface area contributed by atoms with Crippen molar-refractivity contribution in [3.8, 4) is 0 Å². The molecule has 7 nitrogen and oxygen atoms in total. The molecule has 0 fully saturated rings. The molecule has 9 heteroatoms. The van der Waals surface area contributed by atoms with Gasteiger partial charge in [0.25, 0.3) is 0 Å². The first-order valence-electron chi connectivity index (χ1n) is 9.68. The van der Waals surface area contributed by atoms with Gasteiger partial charge >= 0.3 is 0 Å². The van der Waals surface area contributed by atoms with Crippen LogP contribution in [0.1, 0.15) is 18.5 Å². The smallest absolute Gasteiger partial charge is 0.224 e. The second-order valence-electron chi connectivity index (χ2n) is 7.09. The number of amides is 1. The van der Waals surface area contributed by atoms with E-state index >= 15 is 0 Å². The van der Waals surface area contributed by atoms with Crippen LogP contribution in [0.3, 0.4) is 0 Å². The molecule has 0 radical (unpaired) electrons. The molecule has 4 heterocycles. The summed E-state index contributed by atoms with van der Waals surface area (Å²) in [5.74, 6) is 1.21. The van der Waals surface area contributed by atoms with Gasteiger partial charge in [0.2, 0.25) is 5.91 Å². The molecule has 2 N–H and O–H groups in total. The minimum Gasteiger partial charge on any atom is -0.340 e. The van der Waals surface area contributed by atoms with E-state index in [9.17, 15) is 4.79 Å². The predicted molar refractivity (Wildman–Crippen MR) is 121 cm³/mol. The van der Waals surface area contributed by atoms with Crippen LogP contribution < -0.4 is 5.32 Å². The third kappa shape index (κ3) is 3.64. The first-order chi connectivity index (χ1) is 14.7. The fraction of sp³-hybridized carbons (Fsp3) is 0.238. The lowest BCUT2D eigenvalue weighted by atomic mass is 10.0. The molecule has 1 aliphatic rings. The van der Waals surface area contributed by atoms with E-state index in [0.717, 1.165) is 44.9 Å². The zero-order chi connectivity index (χ0) is 20.5. The fourth-order valence-corrected chi connectivity index (χ4v) is 4.54. The molecule has 0 unspecified atom stereocenters. The van der Waals surface area contributed by atoms with Gasteiger partial charge in [-0.3, -0.25) is 4.79 Å². The molecule has 0 saturated heterocycles. The summed E-state index contributed by atoms with van der Waals surface area (Å²) in [6, 6.07) is 8.15. The van der Waals surface area contributed by atoms with E-state index in [0.29, 0.717) is 25.4 Å². The van der Waals surface area contributed by atoms with Crippen molar-refractivity contribution in [1.29, 1.82) is 0 Å². The van der Waals surface area contributed by atoms with Crippen LogP contribution in [0.25, 0.3) is 26.8 Å². The summed E-state index contributed by atoms with van der Waals surface area (Å²) in [5, 5.41) is 4.33. The molecule has 0 bridgehead atoms. The van der Waals surface area contributed by atoms with Crippen LogP contribution in [0.4, 0.5) is 11.5 Å². The number of alkyl halides is 1. The SMILES string of the molecule is O=C(CCCl)N1CC=C(c2cc3c(Nc4ccc5ncsc5c4)ncnc3[nH]2)CC1. The highest BCUT2D eigenvalue weighted by atomic mass is 35.5. The lowest BCUT2D eigenvalue weighted by Gasteiger charge is -2.26. The van der Waals surface area contributed by atoms with Gasteiger partial charge in [0.15, 0.2) is 0 Å². The van der Waals surface area contributed by atoms with Gasteiger partial charge < -0.3 is 15.2 Å². The average molecular weight is 439 g/mol. The number of H-pyrrole nitrogens is 1. The van der Waals surface area contributed by atoms with E-state index in [1.807, 2.05) is 22.5 Å². The average Bonchev–Trinajstić information content (AvgIpc) is 3.41. The van der Waals surface area contributed by atoms with Crippen molar-refractivity contribution < 1.29 is 4.79 Å². The number of aromatic nitrogens is 4. The molecular weight excluding hydrogens is 420 g/mol. The largest absolute Gasteiger partial charge is 0.340 e. The van der Waals surface area contributed by atoms with Crippen LogP contribution in [0, 0.1) is 0 Å². The Morgan fingerprint density at radius 2 is 2.20 bits per heavy atom. The predicted octanol–water partition coefficient (Wildman–Crippen LogP) is 4.56. The van der Waals surface area contributed by atoms with Gasteiger partial charge in [-0.05, 0) is 36.3 Å². The van der Waals surface area contributed by atoms with Crippen molar-refractivity contribution in [2.75, 3.05) is 24.3 Å². The van der Waals surface area contributed by atoms with E-state index in [2.05, 4.69) is 43.5 Å². The Morgan fingerprint density at radius 1 is 1.27 bits per heavy atom. The molecule has 0 saturated carbocycles. The number of anilines is 2. The molecule has 30 heavy (non-hydrogen) atoms. The molecule has 0 atom stereocenters. The molecule has 5 rings (SSSR count). The summed E-state index contributed by atoms with van der Waals surface area (Å²) >= 11 is 7.30. The highest BCUT2D eigenvalue weighted by Crippen LogP contribution is 2.30. The Balaban J connectivity index is 1.40. The first-order valence-corrected chi connectivity index (χ1v) is 11.1. The fourth-order valence-electron chi connectivity index (χ4n) is 3.66. The number of nitrogens with zero attached hydrogens (tertiary/aromatic N) is 4. The zero-order valence-corrected chi connectivity index (χ0v) is 17.6. The van der Waals surface area contributed by atoms with Crippen LogP contribution in [-0.2, 0) is 4.79 Å². The van der Waals surface area contributed by atoms with Gasteiger partial charge in [0, 0.05) is 36.8 Å². The van der Waals surface area contributed by atoms with Crippen molar-refractivity contribution in [2.24, 2.45) is 0 Å². The minimum atomic E-state index is 0.104. The third-order valence-corrected chi connectivity index (χ3v) is 6.22. The van der Waals surface area contributed by atoms with Gasteiger partial charge in [-0.15, -0.1) is 22.9 Å². The van der Waals surface area contributed by atoms with E-state index in [-0.39, 0.29) is 5.91 Å². The van der Waals surface area contributed by atoms with Gasteiger partial charge in [0.1, 0.15) is 17.8 Å². The number of hydrogen-bond donors (Lipinski definition) is 2. The molecule has 4 aromatic rings. The second kappa shape index (κ2) is 8.04. The highest BCUT2D eigenvalue weighted by molar-refractivity contribution is 7.16. The molecular formula is C21H19ClN6OS. The van der Waals surface area contributed by atoms with Crippen LogP contribution >= 0.6 is 22.9 Å². The third-order valence-electron chi connectivity index (χ3n) is 5.24. The Bertz CT molecular complexity index is 1260. The number of halogens is 1. The number of rotatable bonds is 5. The van der Waals surface area contributed by atoms with Gasteiger partial charge in [-0.25, -0.2) is 15.0 Å². The van der Waals surface area contributed by atoms with Crippen LogP contribution in [0.5, 0.6) is 0 Å². The Hall–Kier alpha value is -2.97. The lowest BCUT2D eigenvalue weighted by molar-refractivity contribution is -0.130. The van der Waals surface area contributed by atoms with Crippen LogP contribution in [0.15, 0.2) is 42.2 Å². The standard InChI is InChI=1S/C21H19ClN6OS/c22-6-3-19(29)28-7-4-13(5-8-28)17-10-15-20(23-11-24-21(15)27-17)26-14-1-2-16-18(9-14)30-12-25-16/h1-2,4,9-12H,3,5-8H2,(H2,23,24,26,27). The van der Waals surface area contributed by atoms with Gasteiger partial charge in [0.05, 0.1) is 21.1 Å². The monoisotopic (exact) mass is 438 g/mol. The van der Waals surface area contributed by atoms with Crippen molar-refractivity contribution >= 4 is 67.2 Å². The lowest BCUT2D eigenvalue weighted by Crippen LogP contribution is -2.34. The maximum Gasteiger partial charge on any atom is 0.224 e. The van der Waals surface area contributed by atoms with Gasteiger partial charge in [-0.2, -0.15) is 0 Å². The Morgan fingerprint density at radius 3 is 3.03 bits per heavy atom. The summed E-state index contributed by atoms with van der Waals surface area (Å²) in [6.07, 6.45) is 4.82. The Kier molecular flexibility index (Phi) is 5.10. The summed E-state index contributed by atoms with van der Waals surface area (Å²) in [6.45, 7) is 1.30. The molecule has 0 spiro atoms. The molecule has 1 amide bonds. The van der Waals surface area contributed by atoms with Crippen molar-refractivity contribution in [3.63, 3.8) is 0 Å². The van der Waals surface area contributed by atoms with E-state index < -0.39 is 0 Å². The molecule has 3 aromatic heterocycles. The van der Waals surface area contributed by atoms with E-state index in [1.165, 1.54) is 5.57 Å². The molecule has 0 aliphatic carbocycles. The topological polar surface area (TPSA) is 86.8 Å². The normalized spacial score (nSPS) is 14.3. The second-order valence-corrected chi connectivity index (χ2v) is 8.35. The number of fused-ring (bicyclic) bond motifs is 2. The summed E-state index contributed by atoms with van der Waals surface area (Å²) in [7, 11) is 0. The maximum atomic E-state index is 12.0. The number of aromatic amines is 1. The quantitative estimate of drug-likeness (QED) is 0.446. The minimum absolute atomic E-state index is 0.104. The van der Waals surface area contributed by atoms with E-state index in [1.54, 1.807) is 17.7 Å². The molecule has 1 aromatic carbocycles. The first kappa shape index (κ1) is 19.0. The molecule has 1 aliphatic heterocycles. The number of hydrogen-bond acceptors (Lipinski definition) is 6. The summed E-state index contributed by atoms with van der Waals surface area (Å²) in [4.78, 5) is 30.4. The molecule has 152 valence electrons. The maximum absolute atomic E-state index is 12.0.